The molecule has 0 aliphatic carbocycles. The van der Waals surface area contributed by atoms with Gasteiger partial charge in [-0.05, 0) is 5.56 Å². The maximum absolute atomic E-state index is 13.0. The van der Waals surface area contributed by atoms with E-state index in [0.717, 1.165) is 10.5 Å². The number of carbonyl (C=O) groups is 5. The van der Waals surface area contributed by atoms with Gasteiger partial charge in [0.15, 0.2) is 0 Å². The van der Waals surface area contributed by atoms with Gasteiger partial charge in [0.05, 0.1) is 18.9 Å². The Morgan fingerprint density at radius 2 is 1.70 bits per heavy atom. The number of alkyl halides is 3. The minimum atomic E-state index is -5.08. The number of rotatable bonds is 7. The van der Waals surface area contributed by atoms with E-state index in [1.54, 1.807) is 7.05 Å². The van der Waals surface area contributed by atoms with Crippen LogP contribution in [0.15, 0.2) is 30.3 Å². The molecule has 1 aromatic carbocycles. The van der Waals surface area contributed by atoms with E-state index >= 15 is 0 Å². The lowest BCUT2D eigenvalue weighted by Crippen LogP contribution is -2.59. The number of hydrogen-bond donors (Lipinski definition) is 2. The third-order valence-corrected chi connectivity index (χ3v) is 6.26. The number of amides is 3. The highest BCUT2D eigenvalue weighted by Gasteiger charge is 2.68. The minimum absolute atomic E-state index is 0.101. The van der Waals surface area contributed by atoms with Gasteiger partial charge in [-0.25, -0.2) is 4.79 Å². The highest BCUT2D eigenvalue weighted by molar-refractivity contribution is 6.09. The van der Waals surface area contributed by atoms with Crippen LogP contribution in [0.5, 0.6) is 0 Å². The molecule has 204 valence electrons. The Balaban J connectivity index is 0.000000604. The number of likely N-dealkylation sites (N-methyl/N-ethyl adjacent to an activating group) is 1. The van der Waals surface area contributed by atoms with E-state index in [4.69, 9.17) is 19.4 Å². The van der Waals surface area contributed by atoms with Gasteiger partial charge in [0.25, 0.3) is 0 Å². The first kappa shape index (κ1) is 29.7. The molecule has 2 aliphatic rings. The first-order valence-corrected chi connectivity index (χ1v) is 11.0. The summed E-state index contributed by atoms with van der Waals surface area (Å²) in [6.07, 6.45) is -4.90. The van der Waals surface area contributed by atoms with Gasteiger partial charge in [0.1, 0.15) is 12.1 Å². The predicted molar refractivity (Wildman–Crippen MR) is 120 cm³/mol. The third kappa shape index (κ3) is 6.25. The maximum Gasteiger partial charge on any atom is 0.490 e. The van der Waals surface area contributed by atoms with Crippen LogP contribution in [0.3, 0.4) is 0 Å². The number of carbonyl (C=O) groups excluding carboxylic acids is 4. The van der Waals surface area contributed by atoms with Gasteiger partial charge in [-0.3, -0.25) is 29.4 Å². The number of aliphatic carboxylic acids is 1. The van der Waals surface area contributed by atoms with Crippen LogP contribution in [0.2, 0.25) is 0 Å². The summed E-state index contributed by atoms with van der Waals surface area (Å²) in [4.78, 5) is 62.6. The van der Waals surface area contributed by atoms with Crippen molar-refractivity contribution in [3.05, 3.63) is 35.9 Å². The van der Waals surface area contributed by atoms with Crippen LogP contribution in [0, 0.1) is 11.8 Å². The standard InChI is InChI=1S/C21H27N3O6.C2HF3O2/c1-23(15(25)12-29-3)11-14-16-17(19(27)24(2)18(16)26)21(22-14,20(28)30-4)10-13-8-6-5-7-9-13;3-2(4,5)1(6)7/h5-9,14,16-17,22H,10-12H2,1-4H3;(H,6,7)/t14-,16+,17-,21-;/m1./s1. The van der Waals surface area contributed by atoms with Crippen LogP contribution in [-0.4, -0.2) is 104 Å². The Kier molecular flexibility index (Phi) is 9.38. The van der Waals surface area contributed by atoms with Crippen molar-refractivity contribution in [1.29, 1.82) is 0 Å². The van der Waals surface area contributed by atoms with Gasteiger partial charge >= 0.3 is 18.1 Å². The predicted octanol–water partition coefficient (Wildman–Crippen LogP) is 0.0818. The molecule has 0 unspecified atom stereocenters. The van der Waals surface area contributed by atoms with Gasteiger partial charge in [0.2, 0.25) is 17.7 Å². The van der Waals surface area contributed by atoms with Crippen molar-refractivity contribution in [2.45, 2.75) is 24.2 Å². The summed E-state index contributed by atoms with van der Waals surface area (Å²) in [7, 11) is 5.70. The number of esters is 1. The average Bonchev–Trinajstić information content (AvgIpc) is 3.28. The molecule has 2 saturated heterocycles. The SMILES string of the molecule is COCC(=O)N(C)C[C@H]1N[C@@](Cc2ccccc2)(C(=O)OC)[C@H]2C(=O)N(C)C(=O)[C@@H]12.O=C(O)C(F)(F)F. The number of ether oxygens (including phenoxy) is 2. The Morgan fingerprint density at radius 3 is 2.19 bits per heavy atom. The van der Waals surface area contributed by atoms with E-state index in [-0.39, 0.29) is 31.4 Å². The molecule has 2 heterocycles. The Labute approximate surface area is 210 Å². The molecule has 0 saturated carbocycles. The second-order valence-corrected chi connectivity index (χ2v) is 8.63. The first-order valence-electron chi connectivity index (χ1n) is 11.0. The molecule has 0 aromatic heterocycles. The van der Waals surface area contributed by atoms with E-state index in [1.807, 2.05) is 30.3 Å². The number of hydrogen-bond acceptors (Lipinski definition) is 8. The van der Waals surface area contributed by atoms with Crippen molar-refractivity contribution in [2.24, 2.45) is 11.8 Å². The number of nitrogens with one attached hydrogen (secondary N) is 1. The van der Waals surface area contributed by atoms with Gasteiger partial charge in [-0.2, -0.15) is 13.2 Å². The van der Waals surface area contributed by atoms with E-state index < -0.39 is 47.4 Å². The summed E-state index contributed by atoms with van der Waals surface area (Å²) in [5, 5.41) is 10.4. The normalized spacial score (nSPS) is 24.7. The number of imide groups is 1. The second kappa shape index (κ2) is 11.7. The van der Waals surface area contributed by atoms with E-state index in [1.165, 1.54) is 26.2 Å². The number of benzene rings is 1. The van der Waals surface area contributed by atoms with E-state index in [2.05, 4.69) is 5.32 Å². The fourth-order valence-corrected chi connectivity index (χ4v) is 4.58. The third-order valence-electron chi connectivity index (χ3n) is 6.26. The van der Waals surface area contributed by atoms with Crippen LogP contribution < -0.4 is 5.32 Å². The van der Waals surface area contributed by atoms with Crippen molar-refractivity contribution in [3.63, 3.8) is 0 Å². The smallest absolute Gasteiger partial charge is 0.475 e. The zero-order valence-corrected chi connectivity index (χ0v) is 20.6. The fourth-order valence-electron chi connectivity index (χ4n) is 4.58. The van der Waals surface area contributed by atoms with Crippen LogP contribution in [0.4, 0.5) is 13.2 Å². The summed E-state index contributed by atoms with van der Waals surface area (Å²) in [6.45, 7) is 0.0417. The van der Waals surface area contributed by atoms with Crippen LogP contribution in [-0.2, 0) is 39.9 Å². The van der Waals surface area contributed by atoms with Gasteiger partial charge in [-0.1, -0.05) is 30.3 Å². The molecule has 11 nitrogen and oxygen atoms in total. The minimum Gasteiger partial charge on any atom is -0.475 e. The first-order chi connectivity index (χ1) is 17.2. The Morgan fingerprint density at radius 1 is 1.14 bits per heavy atom. The molecule has 2 fully saturated rings. The molecule has 1 aromatic rings. The molecule has 14 heteroatoms. The van der Waals surface area contributed by atoms with Crippen LogP contribution in [0.25, 0.3) is 0 Å². The molecular formula is C23H28F3N3O8. The zero-order chi connectivity index (χ0) is 28.1. The largest absolute Gasteiger partial charge is 0.490 e. The second-order valence-electron chi connectivity index (χ2n) is 8.63. The molecule has 3 rings (SSSR count). The molecule has 2 aliphatic heterocycles. The molecule has 0 radical (unpaired) electrons. The Bertz CT molecular complexity index is 1040. The Hall–Kier alpha value is -3.52. The number of nitrogens with zero attached hydrogens (tertiary/aromatic N) is 2. The number of fused-ring (bicyclic) bond motifs is 1. The fraction of sp³-hybridized carbons (Fsp3) is 0.522. The van der Waals surface area contributed by atoms with Gasteiger partial charge < -0.3 is 19.5 Å². The monoisotopic (exact) mass is 531 g/mol. The zero-order valence-electron chi connectivity index (χ0n) is 20.6. The quantitative estimate of drug-likeness (QED) is 0.370. The van der Waals surface area contributed by atoms with E-state index in [0.29, 0.717) is 0 Å². The molecular weight excluding hydrogens is 503 g/mol. The summed E-state index contributed by atoms with van der Waals surface area (Å²) < 4.78 is 41.7. The lowest BCUT2D eigenvalue weighted by atomic mass is 9.76. The van der Waals surface area contributed by atoms with Crippen molar-refractivity contribution in [3.8, 4) is 0 Å². The molecule has 4 atom stereocenters. The molecule has 37 heavy (non-hydrogen) atoms. The van der Waals surface area contributed by atoms with Crippen LogP contribution >= 0.6 is 0 Å². The number of carboxylic acid groups (broad SMARTS) is 1. The van der Waals surface area contributed by atoms with Crippen molar-refractivity contribution < 1.29 is 51.7 Å². The van der Waals surface area contributed by atoms with Crippen molar-refractivity contribution in [2.75, 3.05) is 41.5 Å². The average molecular weight is 531 g/mol. The highest BCUT2D eigenvalue weighted by Crippen LogP contribution is 2.44. The topological polar surface area (TPSA) is 143 Å². The number of methoxy groups -OCH3 is 2. The number of likely N-dealkylation sites (tertiary alicyclic amines) is 1. The highest BCUT2D eigenvalue weighted by atomic mass is 19.4. The summed E-state index contributed by atoms with van der Waals surface area (Å²) in [5.41, 5.74) is -0.581. The molecule has 3 amide bonds. The van der Waals surface area contributed by atoms with E-state index in [9.17, 15) is 32.3 Å². The maximum atomic E-state index is 13.0. The van der Waals surface area contributed by atoms with Crippen molar-refractivity contribution in [1.82, 2.24) is 15.1 Å². The van der Waals surface area contributed by atoms with Gasteiger partial charge in [-0.15, -0.1) is 0 Å². The number of carboxylic acids is 1. The summed E-state index contributed by atoms with van der Waals surface area (Å²) >= 11 is 0. The summed E-state index contributed by atoms with van der Waals surface area (Å²) in [5.74, 6) is -6.11. The molecule has 0 spiro atoms. The van der Waals surface area contributed by atoms with Crippen LogP contribution in [0.1, 0.15) is 5.56 Å². The van der Waals surface area contributed by atoms with Crippen molar-refractivity contribution >= 4 is 29.7 Å². The summed E-state index contributed by atoms with van der Waals surface area (Å²) in [6, 6.07) is 8.66. The lowest BCUT2D eigenvalue weighted by Gasteiger charge is -2.32. The molecule has 0 bridgehead atoms. The lowest BCUT2D eigenvalue weighted by molar-refractivity contribution is -0.192. The van der Waals surface area contributed by atoms with Gasteiger partial charge in [0, 0.05) is 40.2 Å². The number of halogens is 3. The molecule has 2 N–H and O–H groups in total.